The Morgan fingerprint density at radius 3 is 2.19 bits per heavy atom. The number of amides is 3. The van der Waals surface area contributed by atoms with E-state index < -0.39 is 17.5 Å². The highest BCUT2D eigenvalue weighted by atomic mass is 32.1. The summed E-state index contributed by atoms with van der Waals surface area (Å²) in [5, 5.41) is 7.96. The number of hydrogen-bond acceptors (Lipinski definition) is 6. The van der Waals surface area contributed by atoms with Gasteiger partial charge in [-0.25, -0.2) is 0 Å². The third-order valence-electron chi connectivity index (χ3n) is 6.34. The highest BCUT2D eigenvalue weighted by Gasteiger charge is 2.32. The number of rotatable bonds is 11. The number of nitrogens with one attached hydrogen (secondary N) is 3. The molecule has 1 heterocycles. The zero-order valence-electron chi connectivity index (χ0n) is 21.0. The molecule has 2 aromatic rings. The van der Waals surface area contributed by atoms with Crippen molar-refractivity contribution in [1.29, 1.82) is 0 Å². The van der Waals surface area contributed by atoms with Gasteiger partial charge < -0.3 is 26.4 Å². The second-order valence-electron chi connectivity index (χ2n) is 9.58. The van der Waals surface area contributed by atoms with Crippen LogP contribution in [-0.2, 0) is 9.59 Å². The maximum atomic E-state index is 13.2. The average molecular weight is 513 g/mol. The van der Waals surface area contributed by atoms with Crippen LogP contribution in [0.1, 0.15) is 43.5 Å². The van der Waals surface area contributed by atoms with Crippen LogP contribution in [0.3, 0.4) is 0 Å². The van der Waals surface area contributed by atoms with Gasteiger partial charge in [-0.2, -0.15) is 12.6 Å². The van der Waals surface area contributed by atoms with E-state index >= 15 is 0 Å². The molecular weight excluding hydrogens is 476 g/mol. The molecule has 0 aliphatic carbocycles. The molecule has 1 aliphatic heterocycles. The second kappa shape index (κ2) is 12.8. The summed E-state index contributed by atoms with van der Waals surface area (Å²) >= 11 is 4.32. The third kappa shape index (κ3) is 7.48. The Hall–Kier alpha value is -3.04. The number of benzene rings is 2. The molecule has 0 saturated carbocycles. The van der Waals surface area contributed by atoms with E-state index in [1.165, 1.54) is 0 Å². The lowest BCUT2D eigenvalue weighted by molar-refractivity contribution is -0.126. The molecule has 0 spiro atoms. The smallest absolute Gasteiger partial charge is 0.251 e. The molecule has 4 atom stereocenters. The standard InChI is InChI=1S/C27H36N4O4S/c1-16(2)14-23(27(34)30-22(24(28)36)15-20-12-13-29-25(20)32)31-26(33)19-6-4-17(5-7-19)18-8-10-21(35-3)11-9-18/h4-11,16,20,22-24,36H,12-15,28H2,1-3H3,(H,29,32)(H,30,34)(H,31,33)/t20-,22-,23-,24?/m0/s1. The molecule has 0 aromatic heterocycles. The lowest BCUT2D eigenvalue weighted by atomic mass is 9.97. The van der Waals surface area contributed by atoms with E-state index in [0.29, 0.717) is 31.4 Å². The van der Waals surface area contributed by atoms with Crippen molar-refractivity contribution in [3.05, 3.63) is 54.1 Å². The monoisotopic (exact) mass is 512 g/mol. The first kappa shape index (κ1) is 27.5. The molecule has 3 rings (SSSR count). The van der Waals surface area contributed by atoms with E-state index in [1.807, 2.05) is 50.2 Å². The number of thiol groups is 1. The SMILES string of the molecule is COc1ccc(-c2ccc(C(=O)N[C@@H](CC(C)C)C(=O)N[C@@H](C[C@@H]3CCNC3=O)C(N)S)cc2)cc1. The lowest BCUT2D eigenvalue weighted by Crippen LogP contribution is -2.54. The first-order chi connectivity index (χ1) is 17.2. The summed E-state index contributed by atoms with van der Waals surface area (Å²) in [4.78, 5) is 38.2. The second-order valence-corrected chi connectivity index (χ2v) is 10.2. The molecule has 1 fully saturated rings. The maximum Gasteiger partial charge on any atom is 0.251 e. The molecule has 1 saturated heterocycles. The Morgan fingerprint density at radius 2 is 1.69 bits per heavy atom. The highest BCUT2D eigenvalue weighted by Crippen LogP contribution is 2.23. The van der Waals surface area contributed by atoms with Crippen molar-refractivity contribution < 1.29 is 19.1 Å². The first-order valence-corrected chi connectivity index (χ1v) is 12.8. The quantitative estimate of drug-likeness (QED) is 0.234. The summed E-state index contributed by atoms with van der Waals surface area (Å²) in [6, 6.07) is 13.7. The van der Waals surface area contributed by atoms with Gasteiger partial charge in [0.05, 0.1) is 18.5 Å². The van der Waals surface area contributed by atoms with Crippen LogP contribution in [0.4, 0.5) is 0 Å². The van der Waals surface area contributed by atoms with E-state index in [4.69, 9.17) is 10.5 Å². The summed E-state index contributed by atoms with van der Waals surface area (Å²) in [5.41, 5.74) is 8.43. The summed E-state index contributed by atoms with van der Waals surface area (Å²) in [6.45, 7) is 4.59. The summed E-state index contributed by atoms with van der Waals surface area (Å²) in [5.74, 6) is 0.0297. The fraction of sp³-hybridized carbons (Fsp3) is 0.444. The molecule has 0 bridgehead atoms. The molecule has 1 aliphatic rings. The molecule has 0 radical (unpaired) electrons. The number of carbonyl (C=O) groups excluding carboxylic acids is 3. The van der Waals surface area contributed by atoms with Crippen molar-refractivity contribution in [3.63, 3.8) is 0 Å². The van der Waals surface area contributed by atoms with Crippen molar-refractivity contribution >= 4 is 30.4 Å². The van der Waals surface area contributed by atoms with Crippen LogP contribution in [0, 0.1) is 11.8 Å². The van der Waals surface area contributed by atoms with Gasteiger partial charge in [-0.15, -0.1) is 0 Å². The van der Waals surface area contributed by atoms with Gasteiger partial charge in [0.1, 0.15) is 11.8 Å². The third-order valence-corrected chi connectivity index (χ3v) is 6.70. The molecule has 9 heteroatoms. The van der Waals surface area contributed by atoms with E-state index in [-0.39, 0.29) is 29.6 Å². The maximum absolute atomic E-state index is 13.2. The van der Waals surface area contributed by atoms with Crippen molar-refractivity contribution in [2.75, 3.05) is 13.7 Å². The van der Waals surface area contributed by atoms with E-state index in [9.17, 15) is 14.4 Å². The summed E-state index contributed by atoms with van der Waals surface area (Å²) in [6.07, 6.45) is 1.56. The minimum atomic E-state index is -0.745. The Morgan fingerprint density at radius 1 is 1.08 bits per heavy atom. The van der Waals surface area contributed by atoms with E-state index in [2.05, 4.69) is 28.6 Å². The van der Waals surface area contributed by atoms with Gasteiger partial charge in [0.25, 0.3) is 5.91 Å². The molecule has 1 unspecified atom stereocenters. The average Bonchev–Trinajstić information content (AvgIpc) is 3.27. The highest BCUT2D eigenvalue weighted by molar-refractivity contribution is 7.80. The van der Waals surface area contributed by atoms with Gasteiger partial charge in [0.15, 0.2) is 0 Å². The number of methoxy groups -OCH3 is 1. The zero-order valence-corrected chi connectivity index (χ0v) is 21.9. The number of hydrogen-bond donors (Lipinski definition) is 5. The molecule has 194 valence electrons. The van der Waals surface area contributed by atoms with Gasteiger partial charge in [-0.05, 0) is 60.6 Å². The molecule has 8 nitrogen and oxygen atoms in total. The number of carbonyl (C=O) groups is 3. The molecule has 36 heavy (non-hydrogen) atoms. The Balaban J connectivity index is 1.67. The Kier molecular flexibility index (Phi) is 9.78. The van der Waals surface area contributed by atoms with Crippen LogP contribution >= 0.6 is 12.6 Å². The van der Waals surface area contributed by atoms with Crippen LogP contribution in [0.2, 0.25) is 0 Å². The molecule has 3 amide bonds. The molecule has 5 N–H and O–H groups in total. The Labute approximate surface area is 218 Å². The first-order valence-electron chi connectivity index (χ1n) is 12.2. The minimum absolute atomic E-state index is 0.0339. The van der Waals surface area contributed by atoms with Gasteiger partial charge in [0, 0.05) is 18.0 Å². The summed E-state index contributed by atoms with van der Waals surface area (Å²) in [7, 11) is 1.62. The molecule has 2 aromatic carbocycles. The van der Waals surface area contributed by atoms with Crippen LogP contribution in [0.25, 0.3) is 11.1 Å². The Bertz CT molecular complexity index is 1040. The minimum Gasteiger partial charge on any atom is -0.497 e. The van der Waals surface area contributed by atoms with Crippen molar-refractivity contribution in [2.24, 2.45) is 17.6 Å². The normalized spacial score (nSPS) is 17.7. The molecular formula is C27H36N4O4S. The van der Waals surface area contributed by atoms with Gasteiger partial charge in [-0.3, -0.25) is 14.4 Å². The fourth-order valence-electron chi connectivity index (χ4n) is 4.29. The summed E-state index contributed by atoms with van der Waals surface area (Å²) < 4.78 is 5.20. The topological polar surface area (TPSA) is 123 Å². The predicted octanol–water partition coefficient (Wildman–Crippen LogP) is 2.73. The van der Waals surface area contributed by atoms with Crippen LogP contribution in [-0.4, -0.2) is 48.8 Å². The van der Waals surface area contributed by atoms with Crippen molar-refractivity contribution in [1.82, 2.24) is 16.0 Å². The van der Waals surface area contributed by atoms with Crippen LogP contribution in [0.5, 0.6) is 5.75 Å². The zero-order chi connectivity index (χ0) is 26.2. The fourth-order valence-corrected chi connectivity index (χ4v) is 4.48. The number of ether oxygens (including phenoxy) is 1. The van der Waals surface area contributed by atoms with E-state index in [1.54, 1.807) is 19.2 Å². The van der Waals surface area contributed by atoms with Gasteiger partial charge >= 0.3 is 0 Å². The van der Waals surface area contributed by atoms with Crippen molar-refractivity contribution in [3.8, 4) is 16.9 Å². The van der Waals surface area contributed by atoms with Crippen LogP contribution in [0.15, 0.2) is 48.5 Å². The predicted molar refractivity (Wildman–Crippen MR) is 144 cm³/mol. The van der Waals surface area contributed by atoms with Gasteiger partial charge in [0.2, 0.25) is 11.8 Å². The largest absolute Gasteiger partial charge is 0.497 e. The van der Waals surface area contributed by atoms with Crippen LogP contribution < -0.4 is 26.4 Å². The van der Waals surface area contributed by atoms with Gasteiger partial charge in [-0.1, -0.05) is 38.1 Å². The number of nitrogens with two attached hydrogens (primary N) is 1. The lowest BCUT2D eigenvalue weighted by Gasteiger charge is -2.27. The van der Waals surface area contributed by atoms with Crippen molar-refractivity contribution in [2.45, 2.75) is 50.6 Å². The van der Waals surface area contributed by atoms with E-state index in [0.717, 1.165) is 16.9 Å².